The molecule has 1 amide bonds. The van der Waals surface area contributed by atoms with Gasteiger partial charge < -0.3 is 15.4 Å². The maximum absolute atomic E-state index is 11.0. The Hall–Kier alpha value is -1.29. The monoisotopic (exact) mass is 168 g/mol. The Labute approximate surface area is 70.6 Å². The summed E-state index contributed by atoms with van der Waals surface area (Å²) in [6, 6.07) is 1.85. The summed E-state index contributed by atoms with van der Waals surface area (Å²) >= 11 is 0. The number of aliphatic hydroxyl groups excluding tert-OH is 1. The molecule has 0 aliphatic heterocycles. The van der Waals surface area contributed by atoms with E-state index in [1.54, 1.807) is 12.4 Å². The number of nitrogens with one attached hydrogen (secondary N) is 2. The highest BCUT2D eigenvalue weighted by molar-refractivity contribution is 5.78. The van der Waals surface area contributed by atoms with E-state index in [1.165, 1.54) is 0 Å². The Morgan fingerprint density at radius 2 is 2.50 bits per heavy atom. The van der Waals surface area contributed by atoms with Gasteiger partial charge in [0.25, 0.3) is 0 Å². The zero-order valence-corrected chi connectivity index (χ0v) is 6.71. The van der Waals surface area contributed by atoms with Gasteiger partial charge in [0.2, 0.25) is 5.91 Å². The predicted octanol–water partition coefficient (Wildman–Crippen LogP) is -0.334. The van der Waals surface area contributed by atoms with Crippen LogP contribution in [0.4, 0.5) is 0 Å². The fourth-order valence-electron chi connectivity index (χ4n) is 0.912. The number of aromatic nitrogens is 1. The Balaban J connectivity index is 2.27. The van der Waals surface area contributed by atoms with Crippen LogP contribution in [-0.2, 0) is 11.2 Å². The number of H-pyrrole nitrogens is 1. The van der Waals surface area contributed by atoms with Gasteiger partial charge in [-0.3, -0.25) is 4.79 Å². The maximum Gasteiger partial charge on any atom is 0.224 e. The first-order valence-electron chi connectivity index (χ1n) is 3.82. The first kappa shape index (κ1) is 8.80. The molecule has 1 aromatic rings. The van der Waals surface area contributed by atoms with Gasteiger partial charge in [-0.1, -0.05) is 0 Å². The molecule has 1 aromatic heterocycles. The second-order valence-electron chi connectivity index (χ2n) is 2.47. The van der Waals surface area contributed by atoms with Crippen LogP contribution in [0.2, 0.25) is 0 Å². The predicted molar refractivity (Wildman–Crippen MR) is 44.6 cm³/mol. The number of aromatic amines is 1. The lowest BCUT2D eigenvalue weighted by Gasteiger charge is -2.00. The van der Waals surface area contributed by atoms with Crippen molar-refractivity contribution in [2.45, 2.75) is 6.42 Å². The highest BCUT2D eigenvalue weighted by Crippen LogP contribution is 1.96. The molecule has 0 spiro atoms. The molecule has 1 rings (SSSR count). The SMILES string of the molecule is O=C(Cc1cc[nH]c1)NCCO. The third-order valence-corrected chi connectivity index (χ3v) is 1.46. The van der Waals surface area contributed by atoms with Gasteiger partial charge in [0.15, 0.2) is 0 Å². The fourth-order valence-corrected chi connectivity index (χ4v) is 0.912. The number of rotatable bonds is 4. The van der Waals surface area contributed by atoms with E-state index in [2.05, 4.69) is 10.3 Å². The normalized spacial score (nSPS) is 9.75. The summed E-state index contributed by atoms with van der Waals surface area (Å²) in [5, 5.41) is 11.0. The zero-order chi connectivity index (χ0) is 8.81. The van der Waals surface area contributed by atoms with Crippen LogP contribution < -0.4 is 5.32 Å². The van der Waals surface area contributed by atoms with Crippen molar-refractivity contribution in [3.05, 3.63) is 24.0 Å². The van der Waals surface area contributed by atoms with Crippen molar-refractivity contribution in [2.24, 2.45) is 0 Å². The van der Waals surface area contributed by atoms with Gasteiger partial charge in [-0.05, 0) is 11.6 Å². The lowest BCUT2D eigenvalue weighted by molar-refractivity contribution is -0.120. The number of aliphatic hydroxyl groups is 1. The van der Waals surface area contributed by atoms with Gasteiger partial charge in [0.1, 0.15) is 0 Å². The third kappa shape index (κ3) is 2.75. The molecule has 0 fully saturated rings. The van der Waals surface area contributed by atoms with E-state index in [0.717, 1.165) is 5.56 Å². The first-order chi connectivity index (χ1) is 5.83. The molecule has 12 heavy (non-hydrogen) atoms. The highest BCUT2D eigenvalue weighted by atomic mass is 16.3. The molecular formula is C8H12N2O2. The molecule has 0 unspecified atom stereocenters. The van der Waals surface area contributed by atoms with Gasteiger partial charge in [0.05, 0.1) is 13.0 Å². The Kier molecular flexibility index (Phi) is 3.35. The molecule has 3 N–H and O–H groups in total. The second kappa shape index (κ2) is 4.56. The maximum atomic E-state index is 11.0. The van der Waals surface area contributed by atoms with Crippen LogP contribution in [0.5, 0.6) is 0 Å². The van der Waals surface area contributed by atoms with Crippen molar-refractivity contribution < 1.29 is 9.90 Å². The summed E-state index contributed by atoms with van der Waals surface area (Å²) in [4.78, 5) is 13.9. The standard InChI is InChI=1S/C8H12N2O2/c11-4-3-10-8(12)5-7-1-2-9-6-7/h1-2,6,9,11H,3-5H2,(H,10,12). The quantitative estimate of drug-likeness (QED) is 0.576. The third-order valence-electron chi connectivity index (χ3n) is 1.46. The van der Waals surface area contributed by atoms with Crippen LogP contribution >= 0.6 is 0 Å². The fraction of sp³-hybridized carbons (Fsp3) is 0.375. The van der Waals surface area contributed by atoms with Crippen LogP contribution in [0.3, 0.4) is 0 Å². The van der Waals surface area contributed by atoms with Gasteiger partial charge in [-0.25, -0.2) is 0 Å². The summed E-state index contributed by atoms with van der Waals surface area (Å²) in [7, 11) is 0. The molecule has 4 nitrogen and oxygen atoms in total. The van der Waals surface area contributed by atoms with Gasteiger partial charge in [-0.2, -0.15) is 0 Å². The lowest BCUT2D eigenvalue weighted by atomic mass is 10.2. The number of amides is 1. The molecule has 0 saturated heterocycles. The minimum Gasteiger partial charge on any atom is -0.395 e. The van der Waals surface area contributed by atoms with E-state index in [9.17, 15) is 4.79 Å². The van der Waals surface area contributed by atoms with E-state index in [4.69, 9.17) is 5.11 Å². The second-order valence-corrected chi connectivity index (χ2v) is 2.47. The van der Waals surface area contributed by atoms with Crippen molar-refractivity contribution in [3.63, 3.8) is 0 Å². The topological polar surface area (TPSA) is 65.1 Å². The molecule has 0 aliphatic carbocycles. The first-order valence-corrected chi connectivity index (χ1v) is 3.82. The lowest BCUT2D eigenvalue weighted by Crippen LogP contribution is -2.27. The Bertz CT molecular complexity index is 231. The minimum atomic E-state index is -0.0661. The van der Waals surface area contributed by atoms with Crippen molar-refractivity contribution in [1.29, 1.82) is 0 Å². The van der Waals surface area contributed by atoms with Crippen molar-refractivity contribution >= 4 is 5.91 Å². The zero-order valence-electron chi connectivity index (χ0n) is 6.71. The molecule has 66 valence electrons. The summed E-state index contributed by atoms with van der Waals surface area (Å²) in [6.07, 6.45) is 3.91. The smallest absolute Gasteiger partial charge is 0.224 e. The molecular weight excluding hydrogens is 156 g/mol. The van der Waals surface area contributed by atoms with Crippen LogP contribution in [0.15, 0.2) is 18.5 Å². The van der Waals surface area contributed by atoms with Crippen molar-refractivity contribution in [1.82, 2.24) is 10.3 Å². The number of hydrogen-bond donors (Lipinski definition) is 3. The highest BCUT2D eigenvalue weighted by Gasteiger charge is 2.01. The van der Waals surface area contributed by atoms with Gasteiger partial charge in [0, 0.05) is 18.9 Å². The molecule has 0 aromatic carbocycles. The van der Waals surface area contributed by atoms with Gasteiger partial charge >= 0.3 is 0 Å². The summed E-state index contributed by atoms with van der Waals surface area (Å²) < 4.78 is 0. The van der Waals surface area contributed by atoms with Crippen molar-refractivity contribution in [3.8, 4) is 0 Å². The average Bonchev–Trinajstić information content (AvgIpc) is 2.53. The van der Waals surface area contributed by atoms with E-state index in [1.807, 2.05) is 6.07 Å². The molecule has 4 heteroatoms. The van der Waals surface area contributed by atoms with Crippen LogP contribution in [-0.4, -0.2) is 29.1 Å². The Morgan fingerprint density at radius 3 is 3.08 bits per heavy atom. The van der Waals surface area contributed by atoms with E-state index in [-0.39, 0.29) is 12.5 Å². The largest absolute Gasteiger partial charge is 0.395 e. The molecule has 0 aliphatic rings. The Morgan fingerprint density at radius 1 is 1.67 bits per heavy atom. The van der Waals surface area contributed by atoms with E-state index in [0.29, 0.717) is 13.0 Å². The molecule has 1 heterocycles. The number of hydrogen-bond acceptors (Lipinski definition) is 2. The summed E-state index contributed by atoms with van der Waals surface area (Å²) in [5.41, 5.74) is 0.949. The van der Waals surface area contributed by atoms with E-state index < -0.39 is 0 Å². The minimum absolute atomic E-state index is 0.0150. The van der Waals surface area contributed by atoms with Crippen LogP contribution in [0.25, 0.3) is 0 Å². The number of carbonyl (C=O) groups is 1. The van der Waals surface area contributed by atoms with Gasteiger partial charge in [-0.15, -0.1) is 0 Å². The average molecular weight is 168 g/mol. The molecule has 0 saturated carbocycles. The van der Waals surface area contributed by atoms with Crippen LogP contribution in [0.1, 0.15) is 5.56 Å². The number of carbonyl (C=O) groups excluding carboxylic acids is 1. The van der Waals surface area contributed by atoms with Crippen LogP contribution in [0, 0.1) is 0 Å². The summed E-state index contributed by atoms with van der Waals surface area (Å²) in [6.45, 7) is 0.308. The van der Waals surface area contributed by atoms with Crippen molar-refractivity contribution in [2.75, 3.05) is 13.2 Å². The molecule has 0 bridgehead atoms. The van der Waals surface area contributed by atoms with E-state index >= 15 is 0 Å². The molecule has 0 atom stereocenters. The summed E-state index contributed by atoms with van der Waals surface area (Å²) in [5.74, 6) is -0.0661. The molecule has 0 radical (unpaired) electrons.